The molecule has 0 fully saturated rings. The first-order chi connectivity index (χ1) is 19.5. The Morgan fingerprint density at radius 3 is 2.62 bits per heavy atom. The van der Waals surface area contributed by atoms with Crippen LogP contribution in [0.15, 0.2) is 96.4 Å². The molecule has 1 amide bonds. The van der Waals surface area contributed by atoms with Crippen LogP contribution in [0.2, 0.25) is 0 Å². The van der Waals surface area contributed by atoms with Gasteiger partial charge >= 0.3 is 0 Å². The lowest BCUT2D eigenvalue weighted by Gasteiger charge is -2.20. The third-order valence-electron chi connectivity index (χ3n) is 6.48. The summed E-state index contributed by atoms with van der Waals surface area (Å²) in [5.41, 5.74) is 3.01. The second-order valence-electron chi connectivity index (χ2n) is 9.26. The number of nitrogens with zero attached hydrogens (tertiary/aromatic N) is 6. The van der Waals surface area contributed by atoms with Gasteiger partial charge in [-0.1, -0.05) is 36.1 Å². The number of pyridine rings is 2. The van der Waals surface area contributed by atoms with Crippen LogP contribution in [0.3, 0.4) is 0 Å². The Labute approximate surface area is 229 Å². The summed E-state index contributed by atoms with van der Waals surface area (Å²) >= 11 is 0. The van der Waals surface area contributed by atoms with Crippen LogP contribution in [0.25, 0.3) is 27.5 Å². The van der Waals surface area contributed by atoms with Gasteiger partial charge in [0.05, 0.1) is 45.5 Å². The van der Waals surface area contributed by atoms with Crippen molar-refractivity contribution >= 4 is 27.7 Å². The molecule has 0 aliphatic heterocycles. The van der Waals surface area contributed by atoms with Crippen LogP contribution in [0.4, 0.5) is 0 Å². The summed E-state index contributed by atoms with van der Waals surface area (Å²) in [6.07, 6.45) is 8.26. The molecule has 6 aromatic rings. The minimum atomic E-state index is -0.631. The molecule has 9 heteroatoms. The number of aryl methyl sites for hydroxylation is 1. The van der Waals surface area contributed by atoms with Crippen molar-refractivity contribution in [1.82, 2.24) is 34.6 Å². The van der Waals surface area contributed by atoms with Crippen LogP contribution < -0.4 is 10.9 Å². The van der Waals surface area contributed by atoms with Gasteiger partial charge in [0.25, 0.3) is 11.5 Å². The standard InChI is InChI=1S/C31H23N7O2/c1-20(35-30(39)25-18-32-17-23-9-7-15-33-28(23)25)29-36-26-12-6-8-22(14-13-21-16-34-37(2)19-21)27(26)31(40)38(29)24-10-4-3-5-11-24/h3-12,15-20H,1-2H3,(H,35,39)/t20-/m1/s1. The van der Waals surface area contributed by atoms with Crippen molar-refractivity contribution in [2.75, 3.05) is 0 Å². The molecule has 1 atom stereocenters. The molecule has 0 saturated carbocycles. The number of benzene rings is 2. The second-order valence-corrected chi connectivity index (χ2v) is 9.26. The highest BCUT2D eigenvalue weighted by Crippen LogP contribution is 2.21. The number of hydrogen-bond donors (Lipinski definition) is 1. The summed E-state index contributed by atoms with van der Waals surface area (Å²) < 4.78 is 3.20. The number of rotatable bonds is 4. The van der Waals surface area contributed by atoms with Gasteiger partial charge in [0.1, 0.15) is 5.82 Å². The van der Waals surface area contributed by atoms with Gasteiger partial charge in [-0.15, -0.1) is 0 Å². The highest BCUT2D eigenvalue weighted by molar-refractivity contribution is 6.05. The van der Waals surface area contributed by atoms with Gasteiger partial charge in [-0.05, 0) is 43.3 Å². The van der Waals surface area contributed by atoms with E-state index < -0.39 is 6.04 Å². The summed E-state index contributed by atoms with van der Waals surface area (Å²) in [6.45, 7) is 1.79. The number of amides is 1. The minimum Gasteiger partial charge on any atom is -0.342 e. The number of para-hydroxylation sites is 1. The fourth-order valence-electron chi connectivity index (χ4n) is 4.60. The first-order valence-electron chi connectivity index (χ1n) is 12.6. The van der Waals surface area contributed by atoms with Crippen LogP contribution >= 0.6 is 0 Å². The Balaban J connectivity index is 1.47. The fraction of sp³-hybridized carbons (Fsp3) is 0.0968. The van der Waals surface area contributed by atoms with Crippen molar-refractivity contribution in [3.8, 4) is 17.5 Å². The Morgan fingerprint density at radius 2 is 1.82 bits per heavy atom. The first-order valence-corrected chi connectivity index (χ1v) is 12.6. The van der Waals surface area contributed by atoms with Crippen molar-refractivity contribution in [3.63, 3.8) is 0 Å². The van der Waals surface area contributed by atoms with E-state index in [4.69, 9.17) is 4.98 Å². The number of aromatic nitrogens is 6. The molecule has 1 N–H and O–H groups in total. The van der Waals surface area contributed by atoms with Crippen molar-refractivity contribution < 1.29 is 4.79 Å². The molecular weight excluding hydrogens is 502 g/mol. The van der Waals surface area contributed by atoms with Gasteiger partial charge in [-0.2, -0.15) is 5.10 Å². The zero-order chi connectivity index (χ0) is 27.6. The molecule has 40 heavy (non-hydrogen) atoms. The highest BCUT2D eigenvalue weighted by Gasteiger charge is 2.22. The van der Waals surface area contributed by atoms with Crippen molar-refractivity contribution in [2.24, 2.45) is 7.05 Å². The zero-order valence-corrected chi connectivity index (χ0v) is 21.7. The molecule has 4 aromatic heterocycles. The van der Waals surface area contributed by atoms with Crippen LogP contribution in [-0.4, -0.2) is 35.2 Å². The maximum absolute atomic E-state index is 14.1. The average Bonchev–Trinajstić information content (AvgIpc) is 3.40. The predicted molar refractivity (Wildman–Crippen MR) is 152 cm³/mol. The van der Waals surface area contributed by atoms with Gasteiger partial charge in [0, 0.05) is 42.8 Å². The Hall–Kier alpha value is -5.62. The summed E-state index contributed by atoms with van der Waals surface area (Å²) in [4.78, 5) is 40.9. The smallest absolute Gasteiger partial charge is 0.267 e. The monoisotopic (exact) mass is 525 g/mol. The van der Waals surface area contributed by atoms with E-state index >= 15 is 0 Å². The van der Waals surface area contributed by atoms with E-state index in [0.29, 0.717) is 39.1 Å². The molecule has 0 radical (unpaired) electrons. The maximum atomic E-state index is 14.1. The molecular formula is C31H23N7O2. The molecule has 194 valence electrons. The van der Waals surface area contributed by atoms with Gasteiger partial charge in [-0.25, -0.2) is 4.98 Å². The normalized spacial score (nSPS) is 11.7. The van der Waals surface area contributed by atoms with E-state index in [1.165, 1.54) is 10.8 Å². The Morgan fingerprint density at radius 1 is 0.975 bits per heavy atom. The van der Waals surface area contributed by atoms with Gasteiger partial charge in [0.2, 0.25) is 0 Å². The molecule has 0 bridgehead atoms. The maximum Gasteiger partial charge on any atom is 0.267 e. The molecule has 2 aromatic carbocycles. The van der Waals surface area contributed by atoms with E-state index in [9.17, 15) is 9.59 Å². The summed E-state index contributed by atoms with van der Waals surface area (Å²) in [6, 6.07) is 17.6. The number of nitrogens with one attached hydrogen (secondary N) is 1. The van der Waals surface area contributed by atoms with E-state index in [0.717, 1.165) is 10.9 Å². The lowest BCUT2D eigenvalue weighted by Crippen LogP contribution is -2.33. The Kier molecular flexibility index (Phi) is 6.34. The largest absolute Gasteiger partial charge is 0.342 e. The molecule has 6 rings (SSSR count). The lowest BCUT2D eigenvalue weighted by molar-refractivity contribution is 0.0939. The molecule has 0 aliphatic rings. The molecule has 4 heterocycles. The SMILES string of the molecule is C[C@@H](NC(=O)c1cncc2cccnc12)c1nc2cccc(C#Cc3cnn(C)c3)c2c(=O)n1-c1ccccc1. The lowest BCUT2D eigenvalue weighted by atomic mass is 10.1. The number of carbonyl (C=O) groups excluding carboxylic acids is 1. The summed E-state index contributed by atoms with van der Waals surface area (Å²) in [7, 11) is 1.82. The van der Waals surface area contributed by atoms with Crippen molar-refractivity contribution in [3.05, 3.63) is 125 Å². The molecule has 0 aliphatic carbocycles. The fourth-order valence-corrected chi connectivity index (χ4v) is 4.60. The zero-order valence-electron chi connectivity index (χ0n) is 21.7. The van der Waals surface area contributed by atoms with Crippen LogP contribution in [0, 0.1) is 11.8 Å². The molecule has 0 saturated heterocycles. The van der Waals surface area contributed by atoms with Crippen LogP contribution in [-0.2, 0) is 7.05 Å². The number of hydrogen-bond acceptors (Lipinski definition) is 6. The van der Waals surface area contributed by atoms with Crippen molar-refractivity contribution in [2.45, 2.75) is 13.0 Å². The third-order valence-corrected chi connectivity index (χ3v) is 6.48. The third kappa shape index (κ3) is 4.59. The number of fused-ring (bicyclic) bond motifs is 2. The topological polar surface area (TPSA) is 108 Å². The van der Waals surface area contributed by atoms with E-state index in [1.807, 2.05) is 55.7 Å². The number of carbonyl (C=O) groups is 1. The molecule has 0 spiro atoms. The molecule has 9 nitrogen and oxygen atoms in total. The minimum absolute atomic E-state index is 0.281. The van der Waals surface area contributed by atoms with Gasteiger partial charge in [-0.3, -0.25) is 28.8 Å². The van der Waals surface area contributed by atoms with E-state index in [1.54, 1.807) is 48.4 Å². The summed E-state index contributed by atoms with van der Waals surface area (Å²) in [5.74, 6) is 6.21. The van der Waals surface area contributed by atoms with E-state index in [2.05, 4.69) is 32.2 Å². The average molecular weight is 526 g/mol. The second kappa shape index (κ2) is 10.3. The first kappa shape index (κ1) is 24.7. The predicted octanol–water partition coefficient (Wildman–Crippen LogP) is 3.95. The Bertz CT molecular complexity index is 2010. The van der Waals surface area contributed by atoms with Crippen LogP contribution in [0.5, 0.6) is 0 Å². The quantitative estimate of drug-likeness (QED) is 0.349. The van der Waals surface area contributed by atoms with Crippen molar-refractivity contribution in [1.29, 1.82) is 0 Å². The highest BCUT2D eigenvalue weighted by atomic mass is 16.2. The summed E-state index contributed by atoms with van der Waals surface area (Å²) in [5, 5.41) is 8.29. The van der Waals surface area contributed by atoms with Gasteiger partial charge < -0.3 is 5.32 Å². The van der Waals surface area contributed by atoms with Crippen LogP contribution in [0.1, 0.15) is 40.3 Å². The van der Waals surface area contributed by atoms with Gasteiger partial charge in [0.15, 0.2) is 0 Å². The van der Waals surface area contributed by atoms with E-state index in [-0.39, 0.29) is 11.5 Å². The molecule has 0 unspecified atom stereocenters.